The number of likely N-dealkylation sites (N-methyl/N-ethyl adjacent to an activating group) is 1. The van der Waals surface area contributed by atoms with E-state index in [1.165, 1.54) is 0 Å². The molecule has 1 aromatic heterocycles. The molecule has 14 heavy (non-hydrogen) atoms. The Labute approximate surface area is 83.7 Å². The molecular weight excluding hydrogens is 178 g/mol. The molecule has 0 aliphatic carbocycles. The highest BCUT2D eigenvalue weighted by molar-refractivity contribution is 5.92. The van der Waals surface area contributed by atoms with Crippen LogP contribution in [-0.2, 0) is 4.79 Å². The van der Waals surface area contributed by atoms with Crippen molar-refractivity contribution in [1.29, 1.82) is 0 Å². The molecule has 4 nitrogen and oxygen atoms in total. The number of pyridine rings is 1. The van der Waals surface area contributed by atoms with Crippen molar-refractivity contribution in [3.05, 3.63) is 24.0 Å². The largest absolute Gasteiger partial charge is 0.325 e. The lowest BCUT2D eigenvalue weighted by Gasteiger charge is -2.07. The van der Waals surface area contributed by atoms with E-state index in [1.54, 1.807) is 18.5 Å². The molecule has 2 N–H and O–H groups in total. The summed E-state index contributed by atoms with van der Waals surface area (Å²) >= 11 is 0. The lowest BCUT2D eigenvalue weighted by Crippen LogP contribution is -2.27. The van der Waals surface area contributed by atoms with Gasteiger partial charge in [-0.05, 0) is 25.1 Å². The maximum Gasteiger partial charge on any atom is 0.238 e. The van der Waals surface area contributed by atoms with E-state index in [0.29, 0.717) is 6.54 Å². The van der Waals surface area contributed by atoms with Gasteiger partial charge in [0.05, 0.1) is 6.54 Å². The summed E-state index contributed by atoms with van der Waals surface area (Å²) in [5.74, 6) is -0.0267. The van der Waals surface area contributed by atoms with Crippen molar-refractivity contribution in [2.24, 2.45) is 0 Å². The van der Waals surface area contributed by atoms with E-state index >= 15 is 0 Å². The first-order valence-electron chi connectivity index (χ1n) is 4.65. The number of hydrogen-bond acceptors (Lipinski definition) is 3. The number of aryl methyl sites for hydroxylation is 1. The highest BCUT2D eigenvalue weighted by atomic mass is 16.1. The summed E-state index contributed by atoms with van der Waals surface area (Å²) in [7, 11) is 0. The van der Waals surface area contributed by atoms with Crippen molar-refractivity contribution in [1.82, 2.24) is 10.3 Å². The average Bonchev–Trinajstić information content (AvgIpc) is 2.18. The van der Waals surface area contributed by atoms with Crippen LogP contribution < -0.4 is 10.6 Å². The fourth-order valence-electron chi connectivity index (χ4n) is 1.05. The summed E-state index contributed by atoms with van der Waals surface area (Å²) in [6, 6.07) is 1.79. The summed E-state index contributed by atoms with van der Waals surface area (Å²) in [5, 5.41) is 5.76. The third-order valence-electron chi connectivity index (χ3n) is 1.83. The van der Waals surface area contributed by atoms with Gasteiger partial charge in [0, 0.05) is 18.1 Å². The van der Waals surface area contributed by atoms with E-state index in [1.807, 2.05) is 13.8 Å². The van der Waals surface area contributed by atoms with Crippen LogP contribution in [0.2, 0.25) is 0 Å². The number of nitrogens with zero attached hydrogens (tertiary/aromatic N) is 1. The van der Waals surface area contributed by atoms with E-state index in [0.717, 1.165) is 17.8 Å². The molecule has 76 valence electrons. The predicted molar refractivity (Wildman–Crippen MR) is 56.1 cm³/mol. The van der Waals surface area contributed by atoms with Crippen LogP contribution in [0.5, 0.6) is 0 Å². The Balaban J connectivity index is 2.52. The van der Waals surface area contributed by atoms with Crippen LogP contribution in [-0.4, -0.2) is 24.0 Å². The van der Waals surface area contributed by atoms with Crippen molar-refractivity contribution in [3.63, 3.8) is 0 Å². The summed E-state index contributed by atoms with van der Waals surface area (Å²) in [6.45, 7) is 5.02. The molecule has 1 rings (SSSR count). The molecule has 0 unspecified atom stereocenters. The van der Waals surface area contributed by atoms with Crippen molar-refractivity contribution in [3.8, 4) is 0 Å². The minimum atomic E-state index is -0.0267. The molecule has 0 aliphatic heterocycles. The maximum atomic E-state index is 11.3. The van der Waals surface area contributed by atoms with E-state index in [2.05, 4.69) is 15.6 Å². The van der Waals surface area contributed by atoms with Gasteiger partial charge in [0.1, 0.15) is 0 Å². The molecule has 1 amide bonds. The monoisotopic (exact) mass is 193 g/mol. The maximum absolute atomic E-state index is 11.3. The highest BCUT2D eigenvalue weighted by Gasteiger charge is 2.02. The number of hydrogen-bond donors (Lipinski definition) is 2. The van der Waals surface area contributed by atoms with Crippen molar-refractivity contribution in [2.45, 2.75) is 13.8 Å². The summed E-state index contributed by atoms with van der Waals surface area (Å²) in [6.07, 6.45) is 3.39. The average molecular weight is 193 g/mol. The zero-order valence-electron chi connectivity index (χ0n) is 8.50. The third kappa shape index (κ3) is 3.14. The molecule has 0 fully saturated rings. The SMILES string of the molecule is CCNCC(=O)Nc1ccncc1C. The zero-order valence-corrected chi connectivity index (χ0v) is 8.50. The molecule has 4 heteroatoms. The molecule has 0 aromatic carbocycles. The minimum absolute atomic E-state index is 0.0267. The number of rotatable bonds is 4. The summed E-state index contributed by atoms with van der Waals surface area (Å²) < 4.78 is 0. The Morgan fingerprint density at radius 3 is 3.00 bits per heavy atom. The van der Waals surface area contributed by atoms with E-state index in [4.69, 9.17) is 0 Å². The van der Waals surface area contributed by atoms with E-state index < -0.39 is 0 Å². The normalized spacial score (nSPS) is 9.86. The van der Waals surface area contributed by atoms with Crippen LogP contribution in [0.15, 0.2) is 18.5 Å². The second-order valence-electron chi connectivity index (χ2n) is 3.02. The molecular formula is C10H15N3O. The van der Waals surface area contributed by atoms with Crippen molar-refractivity contribution < 1.29 is 4.79 Å². The van der Waals surface area contributed by atoms with Gasteiger partial charge in [-0.1, -0.05) is 6.92 Å². The molecule has 1 heterocycles. The Morgan fingerprint density at radius 1 is 1.57 bits per heavy atom. The number of aromatic nitrogens is 1. The summed E-state index contributed by atoms with van der Waals surface area (Å²) in [4.78, 5) is 15.3. The van der Waals surface area contributed by atoms with Gasteiger partial charge in [0.25, 0.3) is 0 Å². The fraction of sp³-hybridized carbons (Fsp3) is 0.400. The van der Waals surface area contributed by atoms with Crippen LogP contribution in [0, 0.1) is 6.92 Å². The molecule has 0 atom stereocenters. The fourth-order valence-corrected chi connectivity index (χ4v) is 1.05. The van der Waals surface area contributed by atoms with E-state index in [9.17, 15) is 4.79 Å². The Morgan fingerprint density at radius 2 is 2.36 bits per heavy atom. The van der Waals surface area contributed by atoms with Gasteiger partial charge in [-0.2, -0.15) is 0 Å². The van der Waals surface area contributed by atoms with Crippen LogP contribution >= 0.6 is 0 Å². The third-order valence-corrected chi connectivity index (χ3v) is 1.83. The number of carbonyl (C=O) groups excluding carboxylic acids is 1. The molecule has 0 radical (unpaired) electrons. The van der Waals surface area contributed by atoms with Crippen LogP contribution in [0.3, 0.4) is 0 Å². The number of anilines is 1. The standard InChI is InChI=1S/C10H15N3O/c1-3-11-7-10(14)13-9-4-5-12-6-8(9)2/h4-6,11H,3,7H2,1-2H3,(H,12,13,14). The Bertz CT molecular complexity index is 312. The van der Waals surface area contributed by atoms with Gasteiger partial charge in [-0.15, -0.1) is 0 Å². The lowest BCUT2D eigenvalue weighted by atomic mass is 10.2. The van der Waals surface area contributed by atoms with Gasteiger partial charge in [-0.25, -0.2) is 0 Å². The number of nitrogens with one attached hydrogen (secondary N) is 2. The second-order valence-corrected chi connectivity index (χ2v) is 3.02. The van der Waals surface area contributed by atoms with Crippen LogP contribution in [0.1, 0.15) is 12.5 Å². The molecule has 0 aliphatic rings. The molecule has 0 saturated heterocycles. The predicted octanol–water partition coefficient (Wildman–Crippen LogP) is 0.938. The molecule has 0 spiro atoms. The topological polar surface area (TPSA) is 54.0 Å². The molecule has 0 saturated carbocycles. The molecule has 0 bridgehead atoms. The highest BCUT2D eigenvalue weighted by Crippen LogP contribution is 2.10. The van der Waals surface area contributed by atoms with Gasteiger partial charge in [0.2, 0.25) is 5.91 Å². The van der Waals surface area contributed by atoms with Crippen molar-refractivity contribution in [2.75, 3.05) is 18.4 Å². The molecule has 1 aromatic rings. The lowest BCUT2D eigenvalue weighted by molar-refractivity contribution is -0.115. The first kappa shape index (κ1) is 10.7. The van der Waals surface area contributed by atoms with Gasteiger partial charge in [0.15, 0.2) is 0 Å². The number of amides is 1. The van der Waals surface area contributed by atoms with Gasteiger partial charge < -0.3 is 10.6 Å². The van der Waals surface area contributed by atoms with Crippen molar-refractivity contribution >= 4 is 11.6 Å². The number of carbonyl (C=O) groups is 1. The van der Waals surface area contributed by atoms with E-state index in [-0.39, 0.29) is 5.91 Å². The van der Waals surface area contributed by atoms with Gasteiger partial charge >= 0.3 is 0 Å². The van der Waals surface area contributed by atoms with Crippen LogP contribution in [0.25, 0.3) is 0 Å². The Kier molecular flexibility index (Phi) is 4.07. The minimum Gasteiger partial charge on any atom is -0.325 e. The smallest absolute Gasteiger partial charge is 0.238 e. The Hall–Kier alpha value is -1.42. The first-order chi connectivity index (χ1) is 6.74. The second kappa shape index (κ2) is 5.34. The summed E-state index contributed by atoms with van der Waals surface area (Å²) in [5.41, 5.74) is 1.79. The first-order valence-corrected chi connectivity index (χ1v) is 4.65. The quantitative estimate of drug-likeness (QED) is 0.748. The van der Waals surface area contributed by atoms with Crippen LogP contribution in [0.4, 0.5) is 5.69 Å². The zero-order chi connectivity index (χ0) is 10.4. The van der Waals surface area contributed by atoms with Gasteiger partial charge in [-0.3, -0.25) is 9.78 Å².